The zero-order chi connectivity index (χ0) is 20.7. The van der Waals surface area contributed by atoms with Crippen molar-refractivity contribution in [3.05, 3.63) is 84.1 Å². The number of hydrogen-bond donors (Lipinski definition) is 2. The van der Waals surface area contributed by atoms with Crippen LogP contribution in [0, 0.1) is 6.92 Å². The van der Waals surface area contributed by atoms with Gasteiger partial charge in [0.25, 0.3) is 0 Å². The number of hydrogen-bond acceptors (Lipinski definition) is 5. The summed E-state index contributed by atoms with van der Waals surface area (Å²) in [5, 5.41) is 2.69. The van der Waals surface area contributed by atoms with Crippen LogP contribution in [0.3, 0.4) is 0 Å². The molecule has 0 aliphatic heterocycles. The number of aromatic nitrogens is 1. The Morgan fingerprint density at radius 3 is 2.62 bits per heavy atom. The summed E-state index contributed by atoms with van der Waals surface area (Å²) in [5.41, 5.74) is 1.64. The molecule has 0 saturated heterocycles. The van der Waals surface area contributed by atoms with Gasteiger partial charge in [0.1, 0.15) is 5.75 Å². The maximum atomic E-state index is 12.3. The summed E-state index contributed by atoms with van der Waals surface area (Å²) < 4.78 is 32.5. The highest BCUT2D eigenvalue weighted by molar-refractivity contribution is 7.89. The van der Waals surface area contributed by atoms with Crippen LogP contribution in [0.2, 0.25) is 0 Å². The van der Waals surface area contributed by atoms with Crippen LogP contribution in [0.5, 0.6) is 11.6 Å². The zero-order valence-corrected chi connectivity index (χ0v) is 16.6. The summed E-state index contributed by atoms with van der Waals surface area (Å²) in [7, 11) is -3.74. The molecule has 7 nitrogen and oxygen atoms in total. The Hall–Kier alpha value is -3.23. The van der Waals surface area contributed by atoms with Crippen LogP contribution in [0.25, 0.3) is 0 Å². The Morgan fingerprint density at radius 2 is 1.86 bits per heavy atom. The van der Waals surface area contributed by atoms with Crippen LogP contribution < -0.4 is 14.8 Å². The molecule has 2 aromatic carbocycles. The van der Waals surface area contributed by atoms with E-state index >= 15 is 0 Å². The lowest BCUT2D eigenvalue weighted by molar-refractivity contribution is -0.120. The molecule has 0 spiro atoms. The largest absolute Gasteiger partial charge is 0.439 e. The molecule has 3 aromatic rings. The van der Waals surface area contributed by atoms with Gasteiger partial charge in [0, 0.05) is 18.8 Å². The molecule has 0 saturated carbocycles. The number of carbonyl (C=O) groups excluding carboxylic acids is 1. The first kappa shape index (κ1) is 20.5. The van der Waals surface area contributed by atoms with Crippen molar-refractivity contribution < 1.29 is 17.9 Å². The Balaban J connectivity index is 1.52. The number of nitrogens with zero attached hydrogens (tertiary/aromatic N) is 1. The van der Waals surface area contributed by atoms with Gasteiger partial charge < -0.3 is 10.1 Å². The molecule has 150 valence electrons. The Morgan fingerprint density at radius 1 is 1.03 bits per heavy atom. The minimum absolute atomic E-state index is 0.129. The lowest BCUT2D eigenvalue weighted by Crippen LogP contribution is -2.36. The number of pyridine rings is 1. The second-order valence-corrected chi connectivity index (χ2v) is 8.10. The number of ether oxygens (including phenoxy) is 1. The Bertz CT molecular complexity index is 1090. The van der Waals surface area contributed by atoms with Crippen LogP contribution >= 0.6 is 0 Å². The summed E-state index contributed by atoms with van der Waals surface area (Å²) >= 11 is 0. The van der Waals surface area contributed by atoms with Gasteiger partial charge in [-0.2, -0.15) is 0 Å². The molecule has 2 N–H and O–H groups in total. The Labute approximate surface area is 169 Å². The maximum Gasteiger partial charge on any atom is 0.241 e. The minimum atomic E-state index is -3.74. The van der Waals surface area contributed by atoms with Crippen LogP contribution in [-0.2, 0) is 21.4 Å². The summed E-state index contributed by atoms with van der Waals surface area (Å²) in [6, 6.07) is 19.1. The van der Waals surface area contributed by atoms with E-state index in [9.17, 15) is 13.2 Å². The second-order valence-electron chi connectivity index (χ2n) is 6.34. The van der Waals surface area contributed by atoms with Crippen molar-refractivity contribution in [3.8, 4) is 11.6 Å². The SMILES string of the molecule is Cc1cccc(S(=O)(=O)NCC(=O)NCc2cccc(Oc3ccccn3)c2)c1. The predicted octanol–water partition coefficient (Wildman–Crippen LogP) is 2.78. The van der Waals surface area contributed by atoms with Crippen molar-refractivity contribution in [3.63, 3.8) is 0 Å². The number of carbonyl (C=O) groups is 1. The Kier molecular flexibility index (Phi) is 6.58. The third-order valence-electron chi connectivity index (χ3n) is 3.97. The smallest absolute Gasteiger partial charge is 0.241 e. The highest BCUT2D eigenvalue weighted by atomic mass is 32.2. The first-order valence-electron chi connectivity index (χ1n) is 8.93. The van der Waals surface area contributed by atoms with E-state index in [4.69, 9.17) is 4.74 Å². The van der Waals surface area contributed by atoms with Crippen molar-refractivity contribution in [2.24, 2.45) is 0 Å². The molecule has 1 aromatic heterocycles. The topological polar surface area (TPSA) is 97.4 Å². The molecule has 0 aliphatic carbocycles. The number of aryl methyl sites for hydroxylation is 1. The monoisotopic (exact) mass is 411 g/mol. The first-order valence-corrected chi connectivity index (χ1v) is 10.4. The molecule has 1 amide bonds. The van der Waals surface area contributed by atoms with Gasteiger partial charge in [-0.25, -0.2) is 18.1 Å². The maximum absolute atomic E-state index is 12.3. The van der Waals surface area contributed by atoms with E-state index < -0.39 is 15.9 Å². The number of amides is 1. The lowest BCUT2D eigenvalue weighted by atomic mass is 10.2. The van der Waals surface area contributed by atoms with E-state index in [0.717, 1.165) is 11.1 Å². The van der Waals surface area contributed by atoms with Crippen LogP contribution in [0.4, 0.5) is 0 Å². The first-order chi connectivity index (χ1) is 13.9. The standard InChI is InChI=1S/C21H21N3O4S/c1-16-6-4-9-19(12-16)29(26,27)24-15-20(25)23-14-17-7-5-8-18(13-17)28-21-10-2-3-11-22-21/h2-13,24H,14-15H2,1H3,(H,23,25). The molecular formula is C21H21N3O4S. The number of benzene rings is 2. The van der Waals surface area contributed by atoms with Crippen molar-refractivity contribution in [1.29, 1.82) is 0 Å². The fraction of sp³-hybridized carbons (Fsp3) is 0.143. The van der Waals surface area contributed by atoms with Crippen molar-refractivity contribution in [2.45, 2.75) is 18.4 Å². The van der Waals surface area contributed by atoms with E-state index in [1.807, 2.05) is 12.1 Å². The minimum Gasteiger partial charge on any atom is -0.439 e. The van der Waals surface area contributed by atoms with Crippen LogP contribution in [0.1, 0.15) is 11.1 Å². The molecule has 1 heterocycles. The summed E-state index contributed by atoms with van der Waals surface area (Å²) in [6.07, 6.45) is 1.64. The molecule has 8 heteroatoms. The third kappa shape index (κ3) is 6.13. The van der Waals surface area contributed by atoms with E-state index in [1.54, 1.807) is 61.7 Å². The fourth-order valence-corrected chi connectivity index (χ4v) is 3.62. The molecule has 29 heavy (non-hydrogen) atoms. The third-order valence-corrected chi connectivity index (χ3v) is 5.37. The summed E-state index contributed by atoms with van der Waals surface area (Å²) in [6.45, 7) is 1.70. The zero-order valence-electron chi connectivity index (χ0n) is 15.8. The van der Waals surface area contributed by atoms with Crippen molar-refractivity contribution in [1.82, 2.24) is 15.0 Å². The molecule has 0 atom stereocenters. The molecule has 0 aliphatic rings. The average molecular weight is 411 g/mol. The summed E-state index contributed by atoms with van der Waals surface area (Å²) in [4.78, 5) is 16.3. The second kappa shape index (κ2) is 9.31. The van der Waals surface area contributed by atoms with E-state index in [1.165, 1.54) is 6.07 Å². The van der Waals surface area contributed by atoms with Gasteiger partial charge >= 0.3 is 0 Å². The van der Waals surface area contributed by atoms with E-state index in [0.29, 0.717) is 11.6 Å². The highest BCUT2D eigenvalue weighted by Gasteiger charge is 2.15. The van der Waals surface area contributed by atoms with Gasteiger partial charge in [-0.05, 0) is 48.4 Å². The van der Waals surface area contributed by atoms with Crippen LogP contribution in [-0.4, -0.2) is 25.9 Å². The number of nitrogens with one attached hydrogen (secondary N) is 2. The van der Waals surface area contributed by atoms with E-state index in [-0.39, 0.29) is 18.0 Å². The highest BCUT2D eigenvalue weighted by Crippen LogP contribution is 2.19. The molecule has 0 fully saturated rings. The fourth-order valence-electron chi connectivity index (χ4n) is 2.54. The van der Waals surface area contributed by atoms with Crippen molar-refractivity contribution in [2.75, 3.05) is 6.54 Å². The van der Waals surface area contributed by atoms with Gasteiger partial charge in [-0.15, -0.1) is 0 Å². The summed E-state index contributed by atoms with van der Waals surface area (Å²) in [5.74, 6) is 0.632. The van der Waals surface area contributed by atoms with E-state index in [2.05, 4.69) is 15.0 Å². The number of sulfonamides is 1. The molecule has 0 radical (unpaired) electrons. The average Bonchev–Trinajstić information content (AvgIpc) is 2.72. The van der Waals surface area contributed by atoms with Crippen molar-refractivity contribution >= 4 is 15.9 Å². The quantitative estimate of drug-likeness (QED) is 0.594. The van der Waals surface area contributed by atoms with Gasteiger partial charge in [-0.3, -0.25) is 4.79 Å². The van der Waals surface area contributed by atoms with Gasteiger partial charge in [-0.1, -0.05) is 30.3 Å². The molecular weight excluding hydrogens is 390 g/mol. The molecule has 0 bridgehead atoms. The molecule has 0 unspecified atom stereocenters. The lowest BCUT2D eigenvalue weighted by Gasteiger charge is -2.10. The van der Waals surface area contributed by atoms with Gasteiger partial charge in [0.05, 0.1) is 11.4 Å². The molecule has 3 rings (SSSR count). The van der Waals surface area contributed by atoms with Crippen LogP contribution in [0.15, 0.2) is 77.8 Å². The number of rotatable bonds is 8. The van der Waals surface area contributed by atoms with Gasteiger partial charge in [0.15, 0.2) is 0 Å². The van der Waals surface area contributed by atoms with Gasteiger partial charge in [0.2, 0.25) is 21.8 Å². The normalized spacial score (nSPS) is 11.1. The predicted molar refractivity (Wildman–Crippen MR) is 109 cm³/mol.